The van der Waals surface area contributed by atoms with E-state index in [-0.39, 0.29) is 18.4 Å². The summed E-state index contributed by atoms with van der Waals surface area (Å²) in [5.74, 6) is 0.774. The second kappa shape index (κ2) is 5.86. The molecule has 0 aliphatic carbocycles. The van der Waals surface area contributed by atoms with Crippen molar-refractivity contribution in [3.63, 3.8) is 0 Å². The summed E-state index contributed by atoms with van der Waals surface area (Å²) in [6.45, 7) is 4.76. The maximum atomic E-state index is 12.2. The molecule has 0 aromatic carbocycles. The Bertz CT molecular complexity index is 463. The zero-order valence-electron chi connectivity index (χ0n) is 11.4. The second-order valence-electron chi connectivity index (χ2n) is 4.84. The minimum absolute atomic E-state index is 0.0291. The van der Waals surface area contributed by atoms with Crippen LogP contribution in [0.3, 0.4) is 0 Å². The average molecular weight is 265 g/mol. The molecule has 0 radical (unpaired) electrons. The molecular formula is C13H19N3O3. The van der Waals surface area contributed by atoms with Gasteiger partial charge < -0.3 is 9.42 Å². The lowest BCUT2D eigenvalue weighted by atomic mass is 10.1. The van der Waals surface area contributed by atoms with Crippen LogP contribution in [0.4, 0.5) is 5.82 Å². The van der Waals surface area contributed by atoms with E-state index in [1.165, 1.54) is 18.2 Å². The first-order valence-electron chi connectivity index (χ1n) is 6.57. The first-order valence-corrected chi connectivity index (χ1v) is 6.57. The van der Waals surface area contributed by atoms with Crippen LogP contribution in [0.2, 0.25) is 0 Å². The monoisotopic (exact) mass is 265 g/mol. The maximum Gasteiger partial charge on any atom is 0.242 e. The molecule has 6 heteroatoms. The molecule has 6 nitrogen and oxygen atoms in total. The number of likely N-dealkylation sites (tertiary alicyclic amines) is 1. The summed E-state index contributed by atoms with van der Waals surface area (Å²) in [6.07, 6.45) is 3.24. The third-order valence-corrected chi connectivity index (χ3v) is 3.27. The van der Waals surface area contributed by atoms with Gasteiger partial charge in [0.05, 0.1) is 0 Å². The van der Waals surface area contributed by atoms with Crippen LogP contribution in [-0.2, 0) is 9.59 Å². The maximum absolute atomic E-state index is 12.2. The van der Waals surface area contributed by atoms with Crippen molar-refractivity contribution in [1.82, 2.24) is 10.1 Å². The van der Waals surface area contributed by atoms with Gasteiger partial charge in [0.2, 0.25) is 11.8 Å². The SMILES string of the molecule is CC(=O)N(CC(=O)N1CCCCC1)c1cc(C)on1. The number of rotatable bonds is 3. The van der Waals surface area contributed by atoms with E-state index in [1.807, 2.05) is 4.90 Å². The lowest BCUT2D eigenvalue weighted by Crippen LogP contribution is -2.44. The highest BCUT2D eigenvalue weighted by molar-refractivity contribution is 5.96. The van der Waals surface area contributed by atoms with Crippen molar-refractivity contribution in [2.75, 3.05) is 24.5 Å². The molecule has 1 aromatic heterocycles. The molecule has 0 bridgehead atoms. The van der Waals surface area contributed by atoms with Crippen LogP contribution in [0, 0.1) is 6.92 Å². The lowest BCUT2D eigenvalue weighted by molar-refractivity contribution is -0.132. The summed E-state index contributed by atoms with van der Waals surface area (Å²) >= 11 is 0. The summed E-state index contributed by atoms with van der Waals surface area (Å²) in [6, 6.07) is 1.66. The Kier molecular flexibility index (Phi) is 4.19. The quantitative estimate of drug-likeness (QED) is 0.827. The van der Waals surface area contributed by atoms with Crippen molar-refractivity contribution in [2.24, 2.45) is 0 Å². The molecule has 1 aliphatic rings. The van der Waals surface area contributed by atoms with Crippen molar-refractivity contribution in [3.05, 3.63) is 11.8 Å². The number of piperidine rings is 1. The molecule has 1 aromatic rings. The minimum Gasteiger partial charge on any atom is -0.360 e. The van der Waals surface area contributed by atoms with E-state index >= 15 is 0 Å². The van der Waals surface area contributed by atoms with Crippen molar-refractivity contribution in [3.8, 4) is 0 Å². The van der Waals surface area contributed by atoms with Crippen LogP contribution < -0.4 is 4.90 Å². The number of carbonyl (C=O) groups is 2. The van der Waals surface area contributed by atoms with Gasteiger partial charge in [-0.05, 0) is 26.2 Å². The molecule has 0 unspecified atom stereocenters. The lowest BCUT2D eigenvalue weighted by Gasteiger charge is -2.28. The molecule has 1 saturated heterocycles. The van der Waals surface area contributed by atoms with Gasteiger partial charge in [0, 0.05) is 26.1 Å². The van der Waals surface area contributed by atoms with Gasteiger partial charge in [-0.1, -0.05) is 5.16 Å². The van der Waals surface area contributed by atoms with E-state index in [4.69, 9.17) is 4.52 Å². The van der Waals surface area contributed by atoms with E-state index in [0.29, 0.717) is 11.6 Å². The largest absolute Gasteiger partial charge is 0.360 e. The van der Waals surface area contributed by atoms with Crippen molar-refractivity contribution in [2.45, 2.75) is 33.1 Å². The summed E-state index contributed by atoms with van der Waals surface area (Å²) in [7, 11) is 0. The molecule has 19 heavy (non-hydrogen) atoms. The molecule has 1 fully saturated rings. The fraction of sp³-hybridized carbons (Fsp3) is 0.615. The van der Waals surface area contributed by atoms with Gasteiger partial charge in [-0.3, -0.25) is 14.5 Å². The van der Waals surface area contributed by atoms with Crippen molar-refractivity contribution < 1.29 is 14.1 Å². The number of hydrogen-bond acceptors (Lipinski definition) is 4. The van der Waals surface area contributed by atoms with Crippen LogP contribution in [0.5, 0.6) is 0 Å². The Morgan fingerprint density at radius 1 is 1.37 bits per heavy atom. The number of hydrogen-bond donors (Lipinski definition) is 0. The van der Waals surface area contributed by atoms with Gasteiger partial charge in [0.15, 0.2) is 5.82 Å². The Hall–Kier alpha value is -1.85. The topological polar surface area (TPSA) is 66.7 Å². The van der Waals surface area contributed by atoms with Crippen LogP contribution in [0.1, 0.15) is 31.9 Å². The van der Waals surface area contributed by atoms with Crippen molar-refractivity contribution in [1.29, 1.82) is 0 Å². The Balaban J connectivity index is 2.04. The molecule has 0 saturated carbocycles. The van der Waals surface area contributed by atoms with Gasteiger partial charge in [-0.15, -0.1) is 0 Å². The zero-order chi connectivity index (χ0) is 13.8. The van der Waals surface area contributed by atoms with E-state index in [1.54, 1.807) is 13.0 Å². The smallest absolute Gasteiger partial charge is 0.242 e. The number of carbonyl (C=O) groups excluding carboxylic acids is 2. The van der Waals surface area contributed by atoms with Gasteiger partial charge in [-0.25, -0.2) is 0 Å². The van der Waals surface area contributed by atoms with E-state index in [9.17, 15) is 9.59 Å². The van der Waals surface area contributed by atoms with Crippen molar-refractivity contribution >= 4 is 17.6 Å². The Morgan fingerprint density at radius 3 is 2.58 bits per heavy atom. The summed E-state index contributed by atoms with van der Waals surface area (Å²) in [5.41, 5.74) is 0. The first kappa shape index (κ1) is 13.6. The summed E-state index contributed by atoms with van der Waals surface area (Å²) in [5, 5.41) is 3.79. The normalized spacial score (nSPS) is 15.4. The molecule has 2 rings (SSSR count). The zero-order valence-corrected chi connectivity index (χ0v) is 11.4. The predicted octanol–water partition coefficient (Wildman–Crippen LogP) is 1.35. The van der Waals surface area contributed by atoms with Gasteiger partial charge in [0.25, 0.3) is 0 Å². The third-order valence-electron chi connectivity index (χ3n) is 3.27. The number of nitrogens with zero attached hydrogens (tertiary/aromatic N) is 3. The number of anilines is 1. The van der Waals surface area contributed by atoms with Crippen LogP contribution in [0.15, 0.2) is 10.6 Å². The highest BCUT2D eigenvalue weighted by Gasteiger charge is 2.23. The molecule has 2 heterocycles. The number of amides is 2. The van der Waals surface area contributed by atoms with E-state index in [2.05, 4.69) is 5.16 Å². The average Bonchev–Trinajstić information content (AvgIpc) is 2.82. The molecule has 0 spiro atoms. The number of aromatic nitrogens is 1. The standard InChI is InChI=1S/C13H19N3O3/c1-10-8-12(14-19-10)16(11(2)17)9-13(18)15-6-4-3-5-7-15/h8H,3-7,9H2,1-2H3. The minimum atomic E-state index is -0.210. The first-order chi connectivity index (χ1) is 9.08. The van der Waals surface area contributed by atoms with Crippen LogP contribution in [-0.4, -0.2) is 41.5 Å². The second-order valence-corrected chi connectivity index (χ2v) is 4.84. The molecule has 0 atom stereocenters. The number of aryl methyl sites for hydroxylation is 1. The van der Waals surface area contributed by atoms with E-state index in [0.717, 1.165) is 25.9 Å². The Labute approximate surface area is 112 Å². The summed E-state index contributed by atoms with van der Waals surface area (Å²) in [4.78, 5) is 27.0. The molecule has 2 amide bonds. The fourth-order valence-electron chi connectivity index (χ4n) is 2.21. The van der Waals surface area contributed by atoms with Gasteiger partial charge in [-0.2, -0.15) is 0 Å². The highest BCUT2D eigenvalue weighted by atomic mass is 16.5. The molecule has 104 valence electrons. The van der Waals surface area contributed by atoms with E-state index < -0.39 is 0 Å². The highest BCUT2D eigenvalue weighted by Crippen LogP contribution is 2.15. The van der Waals surface area contributed by atoms with Crippen LogP contribution in [0.25, 0.3) is 0 Å². The fourth-order valence-corrected chi connectivity index (χ4v) is 2.21. The molecule has 1 aliphatic heterocycles. The van der Waals surface area contributed by atoms with Crippen LogP contribution >= 0.6 is 0 Å². The third kappa shape index (κ3) is 3.33. The predicted molar refractivity (Wildman–Crippen MR) is 69.7 cm³/mol. The molecule has 0 N–H and O–H groups in total. The van der Waals surface area contributed by atoms with Gasteiger partial charge in [0.1, 0.15) is 12.3 Å². The Morgan fingerprint density at radius 2 is 2.05 bits per heavy atom. The molecular weight excluding hydrogens is 246 g/mol. The van der Waals surface area contributed by atoms with Gasteiger partial charge >= 0.3 is 0 Å². The summed E-state index contributed by atoms with van der Waals surface area (Å²) < 4.78 is 4.95.